The Kier molecular flexibility index (Phi) is 3.28. The maximum atomic E-state index is 12.1. The van der Waals surface area contributed by atoms with E-state index in [4.69, 9.17) is 4.42 Å². The molecule has 0 radical (unpaired) electrons. The summed E-state index contributed by atoms with van der Waals surface area (Å²) in [6.45, 7) is 1.99. The zero-order valence-corrected chi connectivity index (χ0v) is 10.0. The average Bonchev–Trinajstić information content (AvgIpc) is 2.87. The molecule has 0 saturated heterocycles. The van der Waals surface area contributed by atoms with E-state index < -0.39 is 0 Å². The van der Waals surface area contributed by atoms with E-state index in [-0.39, 0.29) is 5.91 Å². The smallest absolute Gasteiger partial charge is 0.293 e. The Balaban J connectivity index is 2.20. The highest BCUT2D eigenvalue weighted by Gasteiger charge is 2.16. The normalized spacial score (nSPS) is 10.2. The molecule has 0 spiro atoms. The van der Waals surface area contributed by atoms with Gasteiger partial charge in [0.25, 0.3) is 5.91 Å². The largest absolute Gasteiger partial charge is 0.456 e. The molecule has 17 heavy (non-hydrogen) atoms. The standard InChI is InChI=1S/C14H15NO2/c1-3-12-9-10-13(17-12)14(16)15(2)11-7-5-4-6-8-11/h4-10H,3H2,1-2H3. The molecule has 0 N–H and O–H groups in total. The van der Waals surface area contributed by atoms with Gasteiger partial charge in [0.05, 0.1) is 0 Å². The third kappa shape index (κ3) is 2.38. The van der Waals surface area contributed by atoms with Crippen molar-refractivity contribution in [2.24, 2.45) is 0 Å². The molecule has 88 valence electrons. The van der Waals surface area contributed by atoms with Crippen LogP contribution in [-0.4, -0.2) is 13.0 Å². The lowest BCUT2D eigenvalue weighted by Gasteiger charge is -2.15. The van der Waals surface area contributed by atoms with Gasteiger partial charge in [0.2, 0.25) is 0 Å². The first-order chi connectivity index (χ1) is 8.22. The zero-order valence-electron chi connectivity index (χ0n) is 10.0. The van der Waals surface area contributed by atoms with E-state index in [1.54, 1.807) is 18.0 Å². The van der Waals surface area contributed by atoms with Gasteiger partial charge in [-0.1, -0.05) is 25.1 Å². The highest BCUT2D eigenvalue weighted by Crippen LogP contribution is 2.16. The number of hydrogen-bond donors (Lipinski definition) is 0. The molecule has 1 aromatic heterocycles. The van der Waals surface area contributed by atoms with Crippen molar-refractivity contribution in [2.45, 2.75) is 13.3 Å². The quantitative estimate of drug-likeness (QED) is 0.810. The maximum Gasteiger partial charge on any atom is 0.293 e. The first-order valence-corrected chi connectivity index (χ1v) is 5.64. The molecule has 1 heterocycles. The van der Waals surface area contributed by atoms with Crippen LogP contribution in [0.5, 0.6) is 0 Å². The van der Waals surface area contributed by atoms with Crippen molar-refractivity contribution in [3.05, 3.63) is 54.0 Å². The monoisotopic (exact) mass is 229 g/mol. The summed E-state index contributed by atoms with van der Waals surface area (Å²) in [5.41, 5.74) is 0.854. The van der Waals surface area contributed by atoms with Gasteiger partial charge < -0.3 is 9.32 Å². The fourth-order valence-corrected chi connectivity index (χ4v) is 1.62. The summed E-state index contributed by atoms with van der Waals surface area (Å²) in [6.07, 6.45) is 0.794. The van der Waals surface area contributed by atoms with Gasteiger partial charge in [-0.3, -0.25) is 4.79 Å². The van der Waals surface area contributed by atoms with Crippen LogP contribution in [0.1, 0.15) is 23.2 Å². The van der Waals surface area contributed by atoms with E-state index in [0.29, 0.717) is 5.76 Å². The van der Waals surface area contributed by atoms with E-state index in [9.17, 15) is 4.79 Å². The van der Waals surface area contributed by atoms with Crippen molar-refractivity contribution >= 4 is 11.6 Å². The number of benzene rings is 1. The number of carbonyl (C=O) groups is 1. The highest BCUT2D eigenvalue weighted by molar-refractivity contribution is 6.03. The van der Waals surface area contributed by atoms with Crippen LogP contribution < -0.4 is 4.90 Å². The third-order valence-electron chi connectivity index (χ3n) is 2.67. The van der Waals surface area contributed by atoms with Crippen LogP contribution in [0.4, 0.5) is 5.69 Å². The van der Waals surface area contributed by atoms with Crippen molar-refractivity contribution in [1.29, 1.82) is 0 Å². The number of anilines is 1. The van der Waals surface area contributed by atoms with Crippen molar-refractivity contribution < 1.29 is 9.21 Å². The Labute approximate surface area is 101 Å². The zero-order chi connectivity index (χ0) is 12.3. The van der Waals surface area contributed by atoms with Gasteiger partial charge >= 0.3 is 0 Å². The fraction of sp³-hybridized carbons (Fsp3) is 0.214. The van der Waals surface area contributed by atoms with Crippen molar-refractivity contribution in [3.63, 3.8) is 0 Å². The Morgan fingerprint density at radius 1 is 1.18 bits per heavy atom. The summed E-state index contributed by atoms with van der Waals surface area (Å²) >= 11 is 0. The predicted octanol–water partition coefficient (Wildman–Crippen LogP) is 3.12. The third-order valence-corrected chi connectivity index (χ3v) is 2.67. The Bertz CT molecular complexity index is 502. The second-order valence-electron chi connectivity index (χ2n) is 3.82. The van der Waals surface area contributed by atoms with Crippen molar-refractivity contribution in [1.82, 2.24) is 0 Å². The van der Waals surface area contributed by atoms with Crippen LogP contribution in [0.2, 0.25) is 0 Å². The number of para-hydroxylation sites is 1. The number of rotatable bonds is 3. The molecule has 0 saturated carbocycles. The van der Waals surface area contributed by atoms with Gasteiger partial charge in [0, 0.05) is 19.2 Å². The molecule has 2 rings (SSSR count). The molecule has 3 heteroatoms. The van der Waals surface area contributed by atoms with E-state index >= 15 is 0 Å². The topological polar surface area (TPSA) is 33.5 Å². The Morgan fingerprint density at radius 3 is 2.47 bits per heavy atom. The number of carbonyl (C=O) groups excluding carboxylic acids is 1. The minimum absolute atomic E-state index is 0.129. The summed E-state index contributed by atoms with van der Waals surface area (Å²) in [7, 11) is 1.74. The van der Waals surface area contributed by atoms with Crippen LogP contribution in [0.25, 0.3) is 0 Å². The highest BCUT2D eigenvalue weighted by atomic mass is 16.4. The number of aryl methyl sites for hydroxylation is 1. The molecule has 1 aromatic carbocycles. The second-order valence-corrected chi connectivity index (χ2v) is 3.82. The summed E-state index contributed by atoms with van der Waals surface area (Å²) in [5, 5.41) is 0. The lowest BCUT2D eigenvalue weighted by Crippen LogP contribution is -2.25. The molecule has 0 aliphatic carbocycles. The van der Waals surface area contributed by atoms with Gasteiger partial charge in [-0.15, -0.1) is 0 Å². The maximum absolute atomic E-state index is 12.1. The fourth-order valence-electron chi connectivity index (χ4n) is 1.62. The SMILES string of the molecule is CCc1ccc(C(=O)N(C)c2ccccc2)o1. The molecular formula is C14H15NO2. The summed E-state index contributed by atoms with van der Waals surface area (Å²) < 4.78 is 5.45. The van der Waals surface area contributed by atoms with E-state index in [2.05, 4.69) is 0 Å². The molecule has 0 bridgehead atoms. The molecule has 2 aromatic rings. The van der Waals surface area contributed by atoms with Gasteiger partial charge in [0.15, 0.2) is 5.76 Å². The van der Waals surface area contributed by atoms with E-state index in [0.717, 1.165) is 17.9 Å². The second kappa shape index (κ2) is 4.87. The first kappa shape index (κ1) is 11.5. The lowest BCUT2D eigenvalue weighted by atomic mass is 10.3. The van der Waals surface area contributed by atoms with Gasteiger partial charge in [-0.2, -0.15) is 0 Å². The number of nitrogens with zero attached hydrogens (tertiary/aromatic N) is 1. The minimum Gasteiger partial charge on any atom is -0.456 e. The number of amides is 1. The van der Waals surface area contributed by atoms with E-state index in [1.807, 2.05) is 43.3 Å². The molecule has 0 fully saturated rings. The van der Waals surface area contributed by atoms with Gasteiger partial charge in [-0.25, -0.2) is 0 Å². The van der Waals surface area contributed by atoms with Gasteiger partial charge in [-0.05, 0) is 24.3 Å². The van der Waals surface area contributed by atoms with Crippen molar-refractivity contribution in [3.8, 4) is 0 Å². The van der Waals surface area contributed by atoms with Crippen LogP contribution in [0.3, 0.4) is 0 Å². The van der Waals surface area contributed by atoms with Crippen LogP contribution >= 0.6 is 0 Å². The molecule has 3 nitrogen and oxygen atoms in total. The van der Waals surface area contributed by atoms with Crippen molar-refractivity contribution in [2.75, 3.05) is 11.9 Å². The first-order valence-electron chi connectivity index (χ1n) is 5.64. The minimum atomic E-state index is -0.129. The van der Waals surface area contributed by atoms with E-state index in [1.165, 1.54) is 0 Å². The molecule has 0 unspecified atom stereocenters. The Hall–Kier alpha value is -2.03. The van der Waals surface area contributed by atoms with Crippen LogP contribution in [0, 0.1) is 0 Å². The predicted molar refractivity (Wildman–Crippen MR) is 67.3 cm³/mol. The summed E-state index contributed by atoms with van der Waals surface area (Å²) in [6, 6.07) is 13.1. The van der Waals surface area contributed by atoms with Crippen LogP contribution in [0.15, 0.2) is 46.9 Å². The molecule has 0 aliphatic rings. The van der Waals surface area contributed by atoms with Gasteiger partial charge in [0.1, 0.15) is 5.76 Å². The lowest BCUT2D eigenvalue weighted by molar-refractivity contribution is 0.0965. The molecule has 0 aliphatic heterocycles. The molecular weight excluding hydrogens is 214 g/mol. The Morgan fingerprint density at radius 2 is 1.88 bits per heavy atom. The molecule has 1 amide bonds. The number of hydrogen-bond acceptors (Lipinski definition) is 2. The average molecular weight is 229 g/mol. The molecule has 0 atom stereocenters. The summed E-state index contributed by atoms with van der Waals surface area (Å²) in [5.74, 6) is 1.08. The number of furan rings is 1. The van der Waals surface area contributed by atoms with Crippen LogP contribution in [-0.2, 0) is 6.42 Å². The summed E-state index contributed by atoms with van der Waals surface area (Å²) in [4.78, 5) is 13.7.